The van der Waals surface area contributed by atoms with Crippen LogP contribution in [0.25, 0.3) is 10.9 Å². The van der Waals surface area contributed by atoms with Crippen molar-refractivity contribution in [2.24, 2.45) is 5.92 Å². The predicted octanol–water partition coefficient (Wildman–Crippen LogP) is 3.77. The fourth-order valence-corrected chi connectivity index (χ4v) is 4.24. The van der Waals surface area contributed by atoms with Gasteiger partial charge in [0, 0.05) is 40.8 Å². The molecule has 1 amide bonds. The fourth-order valence-electron chi connectivity index (χ4n) is 4.24. The lowest BCUT2D eigenvalue weighted by Gasteiger charge is -2.26. The Morgan fingerprint density at radius 2 is 2.10 bits per heavy atom. The van der Waals surface area contributed by atoms with E-state index in [4.69, 9.17) is 5.73 Å². The SMILES string of the molecule is CC(C)C(=O)NC1CCc2c(c3cc(C#N)ccc3n2Cc2ccccc2N)C1. The monoisotopic (exact) mass is 386 g/mol. The topological polar surface area (TPSA) is 83.8 Å². The number of nitrogen functional groups attached to an aromatic ring is 1. The number of fused-ring (bicyclic) bond motifs is 3. The van der Waals surface area contributed by atoms with E-state index in [0.29, 0.717) is 12.1 Å². The van der Waals surface area contributed by atoms with Gasteiger partial charge < -0.3 is 15.6 Å². The van der Waals surface area contributed by atoms with E-state index in [1.54, 1.807) is 0 Å². The van der Waals surface area contributed by atoms with E-state index < -0.39 is 0 Å². The molecule has 0 fully saturated rings. The molecular formula is C24H26N4O. The average molecular weight is 386 g/mol. The number of para-hydroxylation sites is 1. The number of anilines is 1. The van der Waals surface area contributed by atoms with Gasteiger partial charge in [-0.05, 0) is 54.7 Å². The Balaban J connectivity index is 1.77. The first-order valence-electron chi connectivity index (χ1n) is 10.2. The van der Waals surface area contributed by atoms with Crippen LogP contribution in [-0.2, 0) is 24.2 Å². The quantitative estimate of drug-likeness (QED) is 0.670. The van der Waals surface area contributed by atoms with E-state index in [2.05, 4.69) is 22.0 Å². The van der Waals surface area contributed by atoms with Crippen LogP contribution in [0.1, 0.15) is 42.7 Å². The van der Waals surface area contributed by atoms with Gasteiger partial charge in [-0.2, -0.15) is 5.26 Å². The third kappa shape index (κ3) is 3.58. The van der Waals surface area contributed by atoms with Crippen LogP contribution in [-0.4, -0.2) is 16.5 Å². The Hall–Kier alpha value is -3.26. The molecule has 1 aliphatic carbocycles. The Morgan fingerprint density at radius 1 is 1.31 bits per heavy atom. The van der Waals surface area contributed by atoms with Crippen molar-refractivity contribution >= 4 is 22.5 Å². The number of hydrogen-bond acceptors (Lipinski definition) is 3. The van der Waals surface area contributed by atoms with Gasteiger partial charge in [0.25, 0.3) is 0 Å². The summed E-state index contributed by atoms with van der Waals surface area (Å²) in [6.45, 7) is 4.53. The maximum absolute atomic E-state index is 12.2. The summed E-state index contributed by atoms with van der Waals surface area (Å²) in [5, 5.41) is 13.7. The van der Waals surface area contributed by atoms with Crippen molar-refractivity contribution in [3.05, 3.63) is 64.8 Å². The third-order valence-corrected chi connectivity index (χ3v) is 5.85. The molecule has 0 bridgehead atoms. The van der Waals surface area contributed by atoms with Gasteiger partial charge in [-0.1, -0.05) is 32.0 Å². The van der Waals surface area contributed by atoms with Crippen LogP contribution in [0.15, 0.2) is 42.5 Å². The van der Waals surface area contributed by atoms with Crippen LogP contribution < -0.4 is 11.1 Å². The average Bonchev–Trinajstić information content (AvgIpc) is 3.02. The molecule has 1 aromatic heterocycles. The summed E-state index contributed by atoms with van der Waals surface area (Å²) in [5.74, 6) is 0.0703. The lowest BCUT2D eigenvalue weighted by Crippen LogP contribution is -2.41. The zero-order chi connectivity index (χ0) is 20.5. The summed E-state index contributed by atoms with van der Waals surface area (Å²) >= 11 is 0. The molecule has 148 valence electrons. The minimum Gasteiger partial charge on any atom is -0.398 e. The largest absolute Gasteiger partial charge is 0.398 e. The normalized spacial score (nSPS) is 15.9. The Kier molecular flexibility index (Phi) is 5.02. The molecule has 4 rings (SSSR count). The first-order chi connectivity index (χ1) is 14.0. The maximum atomic E-state index is 12.2. The van der Waals surface area contributed by atoms with Gasteiger partial charge in [0.05, 0.1) is 11.6 Å². The summed E-state index contributed by atoms with van der Waals surface area (Å²) in [4.78, 5) is 12.2. The summed E-state index contributed by atoms with van der Waals surface area (Å²) in [6, 6.07) is 16.2. The van der Waals surface area contributed by atoms with E-state index in [1.807, 2.05) is 50.2 Å². The van der Waals surface area contributed by atoms with Gasteiger partial charge in [0.1, 0.15) is 0 Å². The van der Waals surface area contributed by atoms with Gasteiger partial charge in [-0.25, -0.2) is 0 Å². The number of nitrogens with two attached hydrogens (primary N) is 1. The third-order valence-electron chi connectivity index (χ3n) is 5.85. The van der Waals surface area contributed by atoms with Crippen molar-refractivity contribution in [2.75, 3.05) is 5.73 Å². The van der Waals surface area contributed by atoms with E-state index in [-0.39, 0.29) is 17.9 Å². The maximum Gasteiger partial charge on any atom is 0.222 e. The van der Waals surface area contributed by atoms with Crippen LogP contribution in [0.5, 0.6) is 0 Å². The molecule has 1 heterocycles. The van der Waals surface area contributed by atoms with Crippen molar-refractivity contribution in [3.63, 3.8) is 0 Å². The molecule has 0 radical (unpaired) electrons. The number of carbonyl (C=O) groups excluding carboxylic acids is 1. The van der Waals surface area contributed by atoms with Crippen LogP contribution in [0.4, 0.5) is 5.69 Å². The van der Waals surface area contributed by atoms with Gasteiger partial charge >= 0.3 is 0 Å². The van der Waals surface area contributed by atoms with Crippen molar-refractivity contribution in [2.45, 2.75) is 45.7 Å². The summed E-state index contributed by atoms with van der Waals surface area (Å²) in [5.41, 5.74) is 12.4. The highest BCUT2D eigenvalue weighted by Gasteiger charge is 2.27. The second-order valence-corrected chi connectivity index (χ2v) is 8.16. The molecule has 0 aliphatic heterocycles. The number of nitrogens with zero attached hydrogens (tertiary/aromatic N) is 2. The highest BCUT2D eigenvalue weighted by molar-refractivity contribution is 5.87. The highest BCUT2D eigenvalue weighted by Crippen LogP contribution is 2.34. The van der Waals surface area contributed by atoms with Crippen molar-refractivity contribution in [1.82, 2.24) is 9.88 Å². The van der Waals surface area contributed by atoms with Crippen molar-refractivity contribution in [1.29, 1.82) is 5.26 Å². The Bertz CT molecular complexity index is 1120. The number of carbonyl (C=O) groups is 1. The van der Waals surface area contributed by atoms with E-state index >= 15 is 0 Å². The molecule has 5 heteroatoms. The zero-order valence-corrected chi connectivity index (χ0v) is 16.9. The first-order valence-corrected chi connectivity index (χ1v) is 10.2. The molecule has 0 saturated carbocycles. The van der Waals surface area contributed by atoms with Crippen LogP contribution in [0.3, 0.4) is 0 Å². The number of aromatic nitrogens is 1. The number of nitrogens with one attached hydrogen (secondary N) is 1. The van der Waals surface area contributed by atoms with Gasteiger partial charge in [-0.15, -0.1) is 0 Å². The molecule has 5 nitrogen and oxygen atoms in total. The highest BCUT2D eigenvalue weighted by atomic mass is 16.1. The smallest absolute Gasteiger partial charge is 0.222 e. The molecule has 0 spiro atoms. The van der Waals surface area contributed by atoms with Crippen LogP contribution >= 0.6 is 0 Å². The molecule has 3 aromatic rings. The number of nitriles is 1. The second kappa shape index (κ2) is 7.63. The minimum atomic E-state index is -0.0241. The Labute approximate surface area is 171 Å². The predicted molar refractivity (Wildman–Crippen MR) is 115 cm³/mol. The molecule has 3 N–H and O–H groups in total. The van der Waals surface area contributed by atoms with Crippen molar-refractivity contribution in [3.8, 4) is 6.07 Å². The van der Waals surface area contributed by atoms with Crippen LogP contribution in [0.2, 0.25) is 0 Å². The molecule has 2 aromatic carbocycles. The summed E-state index contributed by atoms with van der Waals surface area (Å²) in [6.07, 6.45) is 2.59. The summed E-state index contributed by atoms with van der Waals surface area (Å²) < 4.78 is 2.33. The Morgan fingerprint density at radius 3 is 2.83 bits per heavy atom. The molecule has 1 unspecified atom stereocenters. The molecule has 1 aliphatic rings. The van der Waals surface area contributed by atoms with Gasteiger partial charge in [-0.3, -0.25) is 4.79 Å². The number of rotatable bonds is 4. The molecule has 0 saturated heterocycles. The van der Waals surface area contributed by atoms with Crippen LogP contribution in [0, 0.1) is 17.2 Å². The van der Waals surface area contributed by atoms with Crippen molar-refractivity contribution < 1.29 is 4.79 Å². The lowest BCUT2D eigenvalue weighted by molar-refractivity contribution is -0.124. The zero-order valence-electron chi connectivity index (χ0n) is 16.9. The number of benzene rings is 2. The number of amides is 1. The minimum absolute atomic E-state index is 0.0241. The van der Waals surface area contributed by atoms with Gasteiger partial charge in [0.15, 0.2) is 0 Å². The molecule has 29 heavy (non-hydrogen) atoms. The van der Waals surface area contributed by atoms with Gasteiger partial charge in [0.2, 0.25) is 5.91 Å². The van der Waals surface area contributed by atoms with E-state index in [9.17, 15) is 10.1 Å². The molecule has 1 atom stereocenters. The van der Waals surface area contributed by atoms with E-state index in [0.717, 1.165) is 41.4 Å². The summed E-state index contributed by atoms with van der Waals surface area (Å²) in [7, 11) is 0. The second-order valence-electron chi connectivity index (χ2n) is 8.16. The number of hydrogen-bond donors (Lipinski definition) is 2. The fraction of sp³-hybridized carbons (Fsp3) is 0.333. The standard InChI is InChI=1S/C24H26N4O/c1-15(2)24(29)27-18-8-10-23-20(12-18)19-11-16(13-25)7-9-22(19)28(23)14-17-5-3-4-6-21(17)26/h3-7,9,11,15,18H,8,10,12,14,26H2,1-2H3,(H,27,29). The molecular weight excluding hydrogens is 360 g/mol. The lowest BCUT2D eigenvalue weighted by atomic mass is 9.90. The first kappa shape index (κ1) is 19.1. The van der Waals surface area contributed by atoms with E-state index in [1.165, 1.54) is 11.3 Å².